The lowest BCUT2D eigenvalue weighted by Crippen LogP contribution is -2.46. The average Bonchev–Trinajstić information content (AvgIpc) is 3.50. The topological polar surface area (TPSA) is 124 Å². The molecule has 4 rings (SSSR count). The first-order chi connectivity index (χ1) is 15.1. The molecule has 0 saturated heterocycles. The summed E-state index contributed by atoms with van der Waals surface area (Å²) in [6, 6.07) is 6.53. The third kappa shape index (κ3) is 4.51. The molecule has 2 amide bonds. The van der Waals surface area contributed by atoms with Crippen molar-refractivity contribution in [2.45, 2.75) is 46.1 Å². The summed E-state index contributed by atoms with van der Waals surface area (Å²) in [6.45, 7) is 5.09. The second kappa shape index (κ2) is 8.14. The van der Waals surface area contributed by atoms with E-state index in [2.05, 4.69) is 25.6 Å². The number of carbonyl (C=O) groups is 2. The number of pyridine rings is 1. The lowest BCUT2D eigenvalue weighted by atomic mass is 9.95. The van der Waals surface area contributed by atoms with Gasteiger partial charge in [-0.2, -0.15) is 0 Å². The van der Waals surface area contributed by atoms with Gasteiger partial charge in [0.05, 0.1) is 5.52 Å². The summed E-state index contributed by atoms with van der Waals surface area (Å²) in [5.74, 6) is -1.09. The lowest BCUT2D eigenvalue weighted by Gasteiger charge is -2.19. The predicted octanol–water partition coefficient (Wildman–Crippen LogP) is 3.40. The smallest absolute Gasteiger partial charge is 0.314 e. The number of nitrogens with zero attached hydrogens (tertiary/aromatic N) is 2. The number of carbonyl (C=O) groups excluding carboxylic acids is 2. The van der Waals surface area contributed by atoms with Crippen molar-refractivity contribution in [1.82, 2.24) is 25.6 Å². The van der Waals surface area contributed by atoms with Gasteiger partial charge < -0.3 is 15.6 Å². The number of amides is 2. The van der Waals surface area contributed by atoms with E-state index >= 15 is 0 Å². The Bertz CT molecular complexity index is 1220. The Hall–Kier alpha value is -3.62. The van der Waals surface area contributed by atoms with Crippen molar-refractivity contribution in [1.29, 1.82) is 5.41 Å². The van der Waals surface area contributed by atoms with Crippen molar-refractivity contribution in [2.75, 3.05) is 0 Å². The van der Waals surface area contributed by atoms with Gasteiger partial charge in [-0.1, -0.05) is 32.9 Å². The molecule has 1 aliphatic carbocycles. The van der Waals surface area contributed by atoms with E-state index in [1.165, 1.54) is 6.07 Å². The molecule has 8 nitrogen and oxygen atoms in total. The van der Waals surface area contributed by atoms with Crippen LogP contribution in [0.3, 0.4) is 0 Å². The number of rotatable bonds is 4. The van der Waals surface area contributed by atoms with Crippen LogP contribution in [0.5, 0.6) is 0 Å². The fourth-order valence-electron chi connectivity index (χ4n) is 3.19. The number of fused-ring (bicyclic) bond motifs is 1. The number of aromatic nitrogens is 3. The van der Waals surface area contributed by atoms with E-state index in [4.69, 9.17) is 5.41 Å². The lowest BCUT2D eigenvalue weighted by molar-refractivity contribution is -0.138. The van der Waals surface area contributed by atoms with Gasteiger partial charge in [-0.15, -0.1) is 0 Å². The van der Waals surface area contributed by atoms with E-state index in [0.29, 0.717) is 17.1 Å². The Morgan fingerprint density at radius 1 is 1.22 bits per heavy atom. The molecule has 166 valence electrons. The third-order valence-corrected chi connectivity index (χ3v) is 5.37. The maximum atomic E-state index is 14.8. The summed E-state index contributed by atoms with van der Waals surface area (Å²) in [5, 5.41) is 12.5. The van der Waals surface area contributed by atoms with Crippen molar-refractivity contribution in [2.24, 2.45) is 5.41 Å². The van der Waals surface area contributed by atoms with Crippen LogP contribution in [0.1, 0.15) is 50.9 Å². The summed E-state index contributed by atoms with van der Waals surface area (Å²) in [7, 11) is 0. The largest absolute Gasteiger partial charge is 0.344 e. The molecular weight excluding hydrogens is 411 g/mol. The molecule has 9 heteroatoms. The third-order valence-electron chi connectivity index (χ3n) is 5.37. The molecular formula is C23H25FN6O2. The molecule has 1 fully saturated rings. The molecule has 4 N–H and O–H groups in total. The van der Waals surface area contributed by atoms with Gasteiger partial charge in [0, 0.05) is 35.2 Å². The molecule has 3 aromatic rings. The number of halogens is 1. The number of aromatic amines is 1. The van der Waals surface area contributed by atoms with Gasteiger partial charge >= 0.3 is 11.8 Å². The summed E-state index contributed by atoms with van der Waals surface area (Å²) in [4.78, 5) is 36.1. The fourth-order valence-corrected chi connectivity index (χ4v) is 3.19. The molecule has 0 radical (unpaired) electrons. The molecule has 2 aromatic heterocycles. The van der Waals surface area contributed by atoms with Crippen LogP contribution >= 0.6 is 0 Å². The summed E-state index contributed by atoms with van der Waals surface area (Å²) in [6.07, 6.45) is 3.87. The van der Waals surface area contributed by atoms with E-state index in [0.717, 1.165) is 29.7 Å². The molecule has 0 bridgehead atoms. The minimum Gasteiger partial charge on any atom is -0.344 e. The van der Waals surface area contributed by atoms with E-state index < -0.39 is 23.0 Å². The Morgan fingerprint density at radius 3 is 2.62 bits per heavy atom. The summed E-state index contributed by atoms with van der Waals surface area (Å²) in [5.41, 5.74) is 2.48. The molecule has 0 atom stereocenters. The van der Waals surface area contributed by atoms with Gasteiger partial charge in [-0.25, -0.2) is 14.4 Å². The minimum absolute atomic E-state index is 0.0690. The van der Waals surface area contributed by atoms with Gasteiger partial charge in [0.1, 0.15) is 17.5 Å². The standard InChI is InChI=1S/C23H25FN6O2/c1-23(2,3)22(25)30-21(32)20(31)27-11-14-7-6-13(10-16(14)24)15-8-9-26-19-17(15)28-18(29-19)12-4-5-12/h6-10,12H,4-5,11H2,1-3H3,(H,27,31)(H2,25,30,32)(H,26,28,29). The second-order valence-electron chi connectivity index (χ2n) is 9.02. The van der Waals surface area contributed by atoms with E-state index in [1.54, 1.807) is 39.1 Å². The molecule has 1 aliphatic rings. The molecule has 0 aliphatic heterocycles. The molecule has 1 saturated carbocycles. The number of amidine groups is 1. The fraction of sp³-hybridized carbons (Fsp3) is 0.348. The highest BCUT2D eigenvalue weighted by Crippen LogP contribution is 2.39. The number of nitrogens with one attached hydrogen (secondary N) is 4. The van der Waals surface area contributed by atoms with E-state index in [-0.39, 0.29) is 17.9 Å². The van der Waals surface area contributed by atoms with Crippen LogP contribution in [-0.2, 0) is 16.1 Å². The number of H-pyrrole nitrogens is 1. The molecule has 0 unspecified atom stereocenters. The van der Waals surface area contributed by atoms with E-state index in [9.17, 15) is 14.0 Å². The van der Waals surface area contributed by atoms with Crippen LogP contribution in [0.2, 0.25) is 0 Å². The van der Waals surface area contributed by atoms with Crippen molar-refractivity contribution < 1.29 is 14.0 Å². The van der Waals surface area contributed by atoms with Crippen molar-refractivity contribution >= 4 is 28.8 Å². The molecule has 2 heterocycles. The first kappa shape index (κ1) is 21.6. The van der Waals surface area contributed by atoms with Crippen molar-refractivity contribution in [3.05, 3.63) is 47.7 Å². The zero-order chi connectivity index (χ0) is 23.0. The Labute approximate surface area is 184 Å². The Balaban J connectivity index is 1.46. The van der Waals surface area contributed by atoms with Gasteiger partial charge in [0.15, 0.2) is 5.65 Å². The van der Waals surface area contributed by atoms with Gasteiger partial charge in [0.25, 0.3) is 0 Å². The Kier molecular flexibility index (Phi) is 5.50. The zero-order valence-electron chi connectivity index (χ0n) is 18.2. The van der Waals surface area contributed by atoms with Crippen LogP contribution in [-0.4, -0.2) is 32.6 Å². The highest BCUT2D eigenvalue weighted by atomic mass is 19.1. The maximum absolute atomic E-state index is 14.8. The van der Waals surface area contributed by atoms with Crippen LogP contribution in [0, 0.1) is 16.6 Å². The quantitative estimate of drug-likeness (QED) is 0.284. The summed E-state index contributed by atoms with van der Waals surface area (Å²) < 4.78 is 14.8. The maximum Gasteiger partial charge on any atom is 0.314 e. The second-order valence-corrected chi connectivity index (χ2v) is 9.02. The van der Waals surface area contributed by atoms with Gasteiger partial charge in [-0.3, -0.25) is 15.0 Å². The first-order valence-corrected chi connectivity index (χ1v) is 10.4. The number of imidazole rings is 1. The molecule has 1 aromatic carbocycles. The predicted molar refractivity (Wildman–Crippen MR) is 118 cm³/mol. The van der Waals surface area contributed by atoms with E-state index in [1.807, 2.05) is 6.07 Å². The first-order valence-electron chi connectivity index (χ1n) is 10.4. The minimum atomic E-state index is -0.952. The van der Waals surface area contributed by atoms with Crippen LogP contribution < -0.4 is 10.6 Å². The van der Waals surface area contributed by atoms with Gasteiger partial charge in [0.2, 0.25) is 0 Å². The van der Waals surface area contributed by atoms with Crippen molar-refractivity contribution in [3.8, 4) is 11.1 Å². The zero-order valence-corrected chi connectivity index (χ0v) is 18.2. The monoisotopic (exact) mass is 436 g/mol. The number of hydrogen-bond acceptors (Lipinski definition) is 5. The number of benzene rings is 1. The van der Waals surface area contributed by atoms with Crippen molar-refractivity contribution in [3.63, 3.8) is 0 Å². The normalized spacial score (nSPS) is 13.8. The van der Waals surface area contributed by atoms with Crippen LogP contribution in [0.15, 0.2) is 30.5 Å². The highest BCUT2D eigenvalue weighted by molar-refractivity contribution is 6.38. The Morgan fingerprint density at radius 2 is 1.97 bits per heavy atom. The average molecular weight is 436 g/mol. The SMILES string of the molecule is CC(C)(C)C(=N)NC(=O)C(=O)NCc1ccc(-c2ccnc3nc(C4CC4)[nH]c23)cc1F. The summed E-state index contributed by atoms with van der Waals surface area (Å²) >= 11 is 0. The highest BCUT2D eigenvalue weighted by Gasteiger charge is 2.27. The molecule has 32 heavy (non-hydrogen) atoms. The number of hydrogen-bond donors (Lipinski definition) is 4. The van der Waals surface area contributed by atoms with Gasteiger partial charge in [-0.05, 0) is 30.5 Å². The molecule has 0 spiro atoms. The van der Waals surface area contributed by atoms with Crippen LogP contribution in [0.4, 0.5) is 4.39 Å². The van der Waals surface area contributed by atoms with Crippen LogP contribution in [0.25, 0.3) is 22.3 Å².